The molecule has 0 amide bonds. The van der Waals surface area contributed by atoms with Gasteiger partial charge < -0.3 is 19.7 Å². The van der Waals surface area contributed by atoms with Crippen molar-refractivity contribution in [3.05, 3.63) is 35.6 Å². The summed E-state index contributed by atoms with van der Waals surface area (Å²) in [5, 5.41) is 20.1. The van der Waals surface area contributed by atoms with Gasteiger partial charge in [0.05, 0.1) is 13.7 Å². The zero-order chi connectivity index (χ0) is 16.3. The number of rotatable bonds is 5. The Kier molecular flexibility index (Phi) is 4.50. The average molecular weight is 306 g/mol. The molecule has 2 N–H and O–H groups in total. The molecule has 0 heterocycles. The van der Waals surface area contributed by atoms with Crippen LogP contribution in [0.3, 0.4) is 0 Å². The van der Waals surface area contributed by atoms with E-state index < -0.39 is 11.6 Å². The minimum Gasteiger partial charge on any atom is -0.504 e. The molecule has 0 saturated heterocycles. The van der Waals surface area contributed by atoms with Crippen molar-refractivity contribution < 1.29 is 28.9 Å². The number of ether oxygens (including phenoxy) is 2. The lowest BCUT2D eigenvalue weighted by Crippen LogP contribution is -1.98. The van der Waals surface area contributed by atoms with E-state index in [4.69, 9.17) is 9.47 Å². The molecule has 0 atom stereocenters. The standard InChI is InChI=1S/C16H15FO5/c1-3-22-13-7-10(17)4-5-11(13)14-9(8-18)6-12(19)16(21-2)15(14)20/h4-8,19-20H,3H2,1-2H3. The topological polar surface area (TPSA) is 76.0 Å². The average Bonchev–Trinajstić information content (AvgIpc) is 2.48. The predicted octanol–water partition coefficient (Wildman–Crippen LogP) is 3.12. The maximum absolute atomic E-state index is 13.4. The van der Waals surface area contributed by atoms with Crippen LogP contribution in [-0.4, -0.2) is 30.2 Å². The van der Waals surface area contributed by atoms with Crippen LogP contribution in [0.2, 0.25) is 0 Å². The van der Waals surface area contributed by atoms with Crippen LogP contribution < -0.4 is 9.47 Å². The fourth-order valence-corrected chi connectivity index (χ4v) is 2.21. The van der Waals surface area contributed by atoms with Crippen molar-refractivity contribution in [3.8, 4) is 34.1 Å². The number of phenolic OH excluding ortho intramolecular Hbond substituents is 2. The molecule has 116 valence electrons. The van der Waals surface area contributed by atoms with E-state index in [-0.39, 0.29) is 35.0 Å². The molecule has 6 heteroatoms. The molecule has 2 aromatic rings. The summed E-state index contributed by atoms with van der Waals surface area (Å²) in [7, 11) is 1.27. The van der Waals surface area contributed by atoms with Gasteiger partial charge in [0.1, 0.15) is 11.6 Å². The number of phenols is 2. The molecule has 0 aliphatic rings. The van der Waals surface area contributed by atoms with Crippen molar-refractivity contribution in [2.45, 2.75) is 6.92 Å². The van der Waals surface area contributed by atoms with Crippen LogP contribution in [-0.2, 0) is 0 Å². The lowest BCUT2D eigenvalue weighted by molar-refractivity contribution is 0.112. The second-order valence-electron chi connectivity index (χ2n) is 4.43. The van der Waals surface area contributed by atoms with Crippen LogP contribution in [0.1, 0.15) is 17.3 Å². The van der Waals surface area contributed by atoms with Crippen molar-refractivity contribution in [1.82, 2.24) is 0 Å². The quantitative estimate of drug-likeness (QED) is 0.830. The highest BCUT2D eigenvalue weighted by Crippen LogP contribution is 2.47. The van der Waals surface area contributed by atoms with Crippen molar-refractivity contribution in [3.63, 3.8) is 0 Å². The molecule has 2 aromatic carbocycles. The first-order chi connectivity index (χ1) is 10.5. The van der Waals surface area contributed by atoms with Crippen molar-refractivity contribution in [2.24, 2.45) is 0 Å². The smallest absolute Gasteiger partial charge is 0.203 e. The number of benzene rings is 2. The number of aromatic hydroxyl groups is 2. The normalized spacial score (nSPS) is 10.3. The van der Waals surface area contributed by atoms with E-state index in [1.807, 2.05) is 0 Å². The van der Waals surface area contributed by atoms with E-state index in [9.17, 15) is 19.4 Å². The molecule has 0 aromatic heterocycles. The summed E-state index contributed by atoms with van der Waals surface area (Å²) >= 11 is 0. The minimum atomic E-state index is -0.509. The summed E-state index contributed by atoms with van der Waals surface area (Å²) in [6.07, 6.45) is 0.479. The Morgan fingerprint density at radius 1 is 1.27 bits per heavy atom. The number of carbonyl (C=O) groups excluding carboxylic acids is 1. The van der Waals surface area contributed by atoms with Gasteiger partial charge in [-0.2, -0.15) is 0 Å². The molecule has 0 unspecified atom stereocenters. The first-order valence-electron chi connectivity index (χ1n) is 6.54. The summed E-state index contributed by atoms with van der Waals surface area (Å²) in [5.41, 5.74) is 0.456. The molecule has 0 fully saturated rings. The van der Waals surface area contributed by atoms with Gasteiger partial charge in [-0.25, -0.2) is 4.39 Å². The summed E-state index contributed by atoms with van der Waals surface area (Å²) in [4.78, 5) is 11.3. The van der Waals surface area contributed by atoms with Gasteiger partial charge in [0.15, 0.2) is 17.8 Å². The van der Waals surface area contributed by atoms with Crippen LogP contribution in [0, 0.1) is 5.82 Å². The Labute approximate surface area is 126 Å². The summed E-state index contributed by atoms with van der Waals surface area (Å²) in [5.74, 6) is -1.30. The Balaban J connectivity index is 2.79. The molecule has 0 aliphatic heterocycles. The number of aldehydes is 1. The minimum absolute atomic E-state index is 0.0309. The van der Waals surface area contributed by atoms with Gasteiger partial charge in [-0.05, 0) is 25.1 Å². The van der Waals surface area contributed by atoms with E-state index in [1.54, 1.807) is 6.92 Å². The van der Waals surface area contributed by atoms with Gasteiger partial charge in [0.2, 0.25) is 5.75 Å². The third-order valence-corrected chi connectivity index (χ3v) is 3.11. The van der Waals surface area contributed by atoms with Crippen molar-refractivity contribution >= 4 is 6.29 Å². The molecule has 0 spiro atoms. The molecule has 2 rings (SSSR count). The molecule has 0 saturated carbocycles. The van der Waals surface area contributed by atoms with Gasteiger partial charge in [-0.1, -0.05) is 0 Å². The van der Waals surface area contributed by atoms with Crippen LogP contribution in [0.25, 0.3) is 11.1 Å². The summed E-state index contributed by atoms with van der Waals surface area (Å²) in [6, 6.07) is 4.90. The zero-order valence-corrected chi connectivity index (χ0v) is 12.1. The van der Waals surface area contributed by atoms with Gasteiger partial charge in [0, 0.05) is 22.8 Å². The fraction of sp³-hybridized carbons (Fsp3) is 0.188. The van der Waals surface area contributed by atoms with Crippen molar-refractivity contribution in [2.75, 3.05) is 13.7 Å². The van der Waals surface area contributed by atoms with E-state index in [0.29, 0.717) is 11.8 Å². The third kappa shape index (κ3) is 2.67. The first kappa shape index (κ1) is 15.6. The van der Waals surface area contributed by atoms with E-state index in [1.165, 1.54) is 25.3 Å². The highest BCUT2D eigenvalue weighted by molar-refractivity contribution is 5.94. The molecule has 5 nitrogen and oxygen atoms in total. The monoisotopic (exact) mass is 306 g/mol. The van der Waals surface area contributed by atoms with Gasteiger partial charge in [-0.3, -0.25) is 4.79 Å². The predicted molar refractivity (Wildman–Crippen MR) is 78.3 cm³/mol. The van der Waals surface area contributed by atoms with Crippen LogP contribution >= 0.6 is 0 Å². The van der Waals surface area contributed by atoms with Gasteiger partial charge in [-0.15, -0.1) is 0 Å². The maximum Gasteiger partial charge on any atom is 0.203 e. The third-order valence-electron chi connectivity index (χ3n) is 3.11. The van der Waals surface area contributed by atoms with Crippen LogP contribution in [0.15, 0.2) is 24.3 Å². The van der Waals surface area contributed by atoms with Gasteiger partial charge in [0.25, 0.3) is 0 Å². The summed E-state index contributed by atoms with van der Waals surface area (Å²) in [6.45, 7) is 2.01. The largest absolute Gasteiger partial charge is 0.504 e. The fourth-order valence-electron chi connectivity index (χ4n) is 2.21. The Morgan fingerprint density at radius 2 is 2.00 bits per heavy atom. The first-order valence-corrected chi connectivity index (χ1v) is 6.54. The number of hydrogen-bond donors (Lipinski definition) is 2. The Hall–Kier alpha value is -2.76. The number of methoxy groups -OCH3 is 1. The second-order valence-corrected chi connectivity index (χ2v) is 4.43. The second kappa shape index (κ2) is 6.34. The number of hydrogen-bond acceptors (Lipinski definition) is 5. The lowest BCUT2D eigenvalue weighted by atomic mass is 9.97. The molecule has 0 radical (unpaired) electrons. The van der Waals surface area contributed by atoms with Crippen LogP contribution in [0.4, 0.5) is 4.39 Å². The Morgan fingerprint density at radius 3 is 2.59 bits per heavy atom. The summed E-state index contributed by atoms with van der Waals surface area (Å²) < 4.78 is 23.7. The molecular formula is C16H15FO5. The lowest BCUT2D eigenvalue weighted by Gasteiger charge is -2.16. The van der Waals surface area contributed by atoms with E-state index >= 15 is 0 Å². The van der Waals surface area contributed by atoms with Gasteiger partial charge >= 0.3 is 0 Å². The molecule has 0 bridgehead atoms. The van der Waals surface area contributed by atoms with E-state index in [2.05, 4.69) is 0 Å². The maximum atomic E-state index is 13.4. The number of carbonyl (C=O) groups is 1. The van der Waals surface area contributed by atoms with E-state index in [0.717, 1.165) is 6.07 Å². The highest BCUT2D eigenvalue weighted by atomic mass is 19.1. The van der Waals surface area contributed by atoms with Crippen LogP contribution in [0.5, 0.6) is 23.0 Å². The molecule has 0 aliphatic carbocycles. The Bertz CT molecular complexity index is 712. The number of halogens is 1. The SMILES string of the molecule is CCOc1cc(F)ccc1-c1c(C=O)cc(O)c(OC)c1O. The molecular weight excluding hydrogens is 291 g/mol. The highest BCUT2D eigenvalue weighted by Gasteiger charge is 2.22. The van der Waals surface area contributed by atoms with Crippen molar-refractivity contribution in [1.29, 1.82) is 0 Å². The zero-order valence-electron chi connectivity index (χ0n) is 12.1. The molecule has 22 heavy (non-hydrogen) atoms.